The zero-order valence-electron chi connectivity index (χ0n) is 24.0. The van der Waals surface area contributed by atoms with Crippen molar-refractivity contribution >= 4 is 0 Å². The minimum atomic E-state index is -5.19. The van der Waals surface area contributed by atoms with Gasteiger partial charge < -0.3 is 0 Å². The second-order valence-electron chi connectivity index (χ2n) is 9.86. The molecule has 0 amide bonds. The van der Waals surface area contributed by atoms with Crippen LogP contribution in [0.5, 0.6) is 0 Å². The molecular weight excluding hydrogens is 719 g/mol. The Labute approximate surface area is 248 Å². The maximum atomic E-state index is 6.15. The molecule has 8 unspecified atom stereocenters. The van der Waals surface area contributed by atoms with Gasteiger partial charge in [0.1, 0.15) is 0 Å². The summed E-state index contributed by atoms with van der Waals surface area (Å²) in [6, 6.07) is 0. The van der Waals surface area contributed by atoms with Gasteiger partial charge in [-0.1, -0.05) is 0 Å². The Morgan fingerprint density at radius 1 is 0.744 bits per heavy atom. The quantitative estimate of drug-likeness (QED) is 0.0338. The van der Waals surface area contributed by atoms with Crippen LogP contribution in [0.3, 0.4) is 0 Å². The van der Waals surface area contributed by atoms with Crippen LogP contribution in [0, 0.1) is 0 Å². The van der Waals surface area contributed by atoms with E-state index in [0.717, 1.165) is 7.11 Å². The number of unbranched alkanes of at least 4 members (excludes halogenated alkanes) is 1. The standard InChI is InChI=1S/C13H42IN14O15/c1-13(2,3)32-12(10-29-4)11-31-9-7-6-8-14-33-22(15)36-26(19)39-25(18,35-14)41-28(21)40-24(17,34-14)37-23(16,30-5)38-27(20,42-26)43-28/h12H,6-11,15-21H2,1-5H3/q+5. The molecule has 4 heterocycles. The van der Waals surface area contributed by atoms with Crippen LogP contribution >= 0.6 is 0 Å². The Kier molecular flexibility index (Phi) is 10.1. The van der Waals surface area contributed by atoms with Crippen molar-refractivity contribution in [1.82, 2.24) is 5.34 Å². The molecule has 256 valence electrons. The monoisotopic (exact) mass is 761 g/mol. The average molecular weight is 761 g/mol. The van der Waals surface area contributed by atoms with Gasteiger partial charge in [0, 0.05) is 0 Å². The molecule has 4 rings (SSSR count). The molecule has 0 aromatic carbocycles. The molecule has 8 atom stereocenters. The topological polar surface area (TPSA) is 324 Å². The van der Waals surface area contributed by atoms with Gasteiger partial charge in [0.05, 0.1) is 0 Å². The Bertz CT molecular complexity index is 994. The molecular formula is C13H42IN14O15+5. The molecule has 43 heavy (non-hydrogen) atoms. The fourth-order valence-corrected chi connectivity index (χ4v) is 8.45. The number of rotatable bonds is 11. The van der Waals surface area contributed by atoms with E-state index in [1.807, 2.05) is 20.8 Å². The van der Waals surface area contributed by atoms with E-state index in [0.29, 0.717) is 13.0 Å². The van der Waals surface area contributed by atoms with Crippen LogP contribution in [0.1, 0.15) is 33.6 Å². The van der Waals surface area contributed by atoms with Crippen molar-refractivity contribution in [2.75, 3.05) is 38.5 Å². The van der Waals surface area contributed by atoms with E-state index in [9.17, 15) is 0 Å². The Hall–Kier alpha value is -0.430. The number of nitrogens with zero attached hydrogens (tertiary/aromatic N) is 7. The summed E-state index contributed by atoms with van der Waals surface area (Å²) in [5, 5.41) is -12.7. The fraction of sp³-hybridized carbons (Fsp3) is 1.00. The van der Waals surface area contributed by atoms with Crippen molar-refractivity contribution in [2.24, 2.45) is 40.9 Å². The van der Waals surface area contributed by atoms with Crippen LogP contribution < -0.4 is 60.6 Å². The SMILES string of the molecule is COCC(COCCCC[I-]12ON(N)O[N+]3(N)O[N+]4(N)O[N+](N)(OC)O[N+](N)(O[N+](N)(O4)O[N+](N)(O3)O1)O2)OC(C)(C)C. The van der Waals surface area contributed by atoms with E-state index < -0.39 is 55.8 Å². The van der Waals surface area contributed by atoms with Gasteiger partial charge in [0.2, 0.25) is 0 Å². The first-order chi connectivity index (χ1) is 19.7. The number of nitrogens with two attached hydrogens (primary N) is 7. The summed E-state index contributed by atoms with van der Waals surface area (Å²) in [7, 11) is 2.54. The van der Waals surface area contributed by atoms with E-state index in [1.54, 1.807) is 7.11 Å². The summed E-state index contributed by atoms with van der Waals surface area (Å²) in [5.74, 6) is 41.8. The fourth-order valence-electron chi connectivity index (χ4n) is 3.55. The van der Waals surface area contributed by atoms with Crippen LogP contribution in [0.4, 0.5) is 0 Å². The molecule has 4 fully saturated rings. The van der Waals surface area contributed by atoms with E-state index in [2.05, 4.69) is 0 Å². The van der Waals surface area contributed by atoms with Crippen LogP contribution in [0.15, 0.2) is 0 Å². The molecule has 4 aliphatic rings. The Morgan fingerprint density at radius 3 is 1.88 bits per heavy atom. The van der Waals surface area contributed by atoms with Crippen LogP contribution in [0.2, 0.25) is 0 Å². The number of hydrogen-bond acceptors (Lipinski definition) is 23. The predicted molar refractivity (Wildman–Crippen MR) is 113 cm³/mol. The number of hydrogen-bond donors (Lipinski definition) is 7. The van der Waals surface area contributed by atoms with Gasteiger partial charge in [-0.25, -0.2) is 0 Å². The Balaban J connectivity index is 1.57. The van der Waals surface area contributed by atoms with Crippen molar-refractivity contribution in [3.63, 3.8) is 0 Å². The van der Waals surface area contributed by atoms with Crippen LogP contribution in [-0.4, -0.2) is 86.0 Å². The zero-order valence-corrected chi connectivity index (χ0v) is 26.2. The van der Waals surface area contributed by atoms with E-state index in [1.165, 1.54) is 0 Å². The molecule has 0 saturated carbocycles. The molecule has 14 N–H and O–H groups in total. The third-order valence-electron chi connectivity index (χ3n) is 4.70. The first-order valence-corrected chi connectivity index (χ1v) is 16.3. The van der Waals surface area contributed by atoms with E-state index >= 15 is 0 Å². The predicted octanol–water partition coefficient (Wildman–Crippen LogP) is -7.98. The van der Waals surface area contributed by atoms with Crippen molar-refractivity contribution in [2.45, 2.75) is 45.3 Å². The second kappa shape index (κ2) is 12.3. The van der Waals surface area contributed by atoms with E-state index in [4.69, 9.17) is 109 Å². The molecule has 0 aliphatic carbocycles. The third kappa shape index (κ3) is 9.10. The molecule has 4 saturated heterocycles. The summed E-state index contributed by atoms with van der Waals surface area (Å²) in [6.45, 7) is 6.60. The van der Waals surface area contributed by atoms with Gasteiger partial charge in [-0.2, -0.15) is 0 Å². The molecule has 0 radical (unpaired) electrons. The van der Waals surface area contributed by atoms with Gasteiger partial charge in [-0.05, 0) is 0 Å². The normalized spacial score (nSPS) is 46.1. The van der Waals surface area contributed by atoms with Gasteiger partial charge in [0.25, 0.3) is 0 Å². The summed E-state index contributed by atoms with van der Waals surface area (Å²) >= 11 is -5.19. The first-order valence-electron chi connectivity index (χ1n) is 12.1. The number of ether oxygens (including phenoxy) is 3. The number of methoxy groups -OCH3 is 1. The van der Waals surface area contributed by atoms with Gasteiger partial charge in [-0.3, -0.25) is 0 Å². The number of quaternary nitrogens is 6. The summed E-state index contributed by atoms with van der Waals surface area (Å²) in [4.78, 5) is 46.7. The number of alkyl halides is 1. The average Bonchev–Trinajstić information content (AvgIpc) is 2.75. The third-order valence-corrected chi connectivity index (χ3v) is 10.1. The molecule has 0 spiro atoms. The zero-order chi connectivity index (χ0) is 32.0. The van der Waals surface area contributed by atoms with Crippen molar-refractivity contribution in [3.05, 3.63) is 0 Å². The first kappa shape index (κ1) is 35.4. The minimum absolute atomic E-state index is 0.140. The second-order valence-corrected chi connectivity index (χ2v) is 15.1. The van der Waals surface area contributed by atoms with Crippen molar-refractivity contribution in [1.29, 1.82) is 0 Å². The number of hydrazine groups is 1. The number of halogens is 1. The van der Waals surface area contributed by atoms with Gasteiger partial charge in [0.15, 0.2) is 0 Å². The van der Waals surface area contributed by atoms with Gasteiger partial charge >= 0.3 is 248 Å². The van der Waals surface area contributed by atoms with Crippen molar-refractivity contribution < 1.29 is 118 Å². The molecule has 4 aliphatic heterocycles. The maximum absolute atomic E-state index is 6.15. The summed E-state index contributed by atoms with van der Waals surface area (Å²) in [6.07, 6.45) is 0.327. The van der Waals surface area contributed by atoms with Gasteiger partial charge in [-0.15, -0.1) is 0 Å². The van der Waals surface area contributed by atoms with Crippen molar-refractivity contribution in [3.8, 4) is 0 Å². The molecule has 0 aromatic rings. The molecule has 0 aromatic heterocycles. The summed E-state index contributed by atoms with van der Waals surface area (Å²) in [5.41, 5.74) is -0.402. The molecule has 30 heteroatoms. The molecule has 6 bridgehead atoms. The molecule has 29 nitrogen and oxygen atoms in total. The van der Waals surface area contributed by atoms with Crippen LogP contribution in [-0.2, 0) is 68.1 Å². The number of fused-ring (bicyclic) bond motifs is 4. The van der Waals surface area contributed by atoms with Crippen LogP contribution in [0.25, 0.3) is 0 Å². The Morgan fingerprint density at radius 2 is 1.28 bits per heavy atom. The summed E-state index contributed by atoms with van der Waals surface area (Å²) < 4.78 is 34.0. The van der Waals surface area contributed by atoms with E-state index in [-0.39, 0.29) is 35.5 Å².